The monoisotopic (exact) mass is 416 g/mol. The summed E-state index contributed by atoms with van der Waals surface area (Å²) in [7, 11) is 1.48. The molecule has 11 nitrogen and oxygen atoms in total. The summed E-state index contributed by atoms with van der Waals surface area (Å²) < 4.78 is 32.1. The highest BCUT2D eigenvalue weighted by Gasteiger charge is 2.26. The van der Waals surface area contributed by atoms with Crippen molar-refractivity contribution in [1.29, 1.82) is 0 Å². The van der Waals surface area contributed by atoms with Crippen LogP contribution in [-0.2, 0) is 11.4 Å². The minimum atomic E-state index is -1.14. The molecule has 156 valence electrons. The summed E-state index contributed by atoms with van der Waals surface area (Å²) in [6, 6.07) is 8.56. The molecule has 0 saturated heterocycles. The summed E-state index contributed by atoms with van der Waals surface area (Å²) in [5, 5.41) is 12.6. The number of aromatic amines is 1. The lowest BCUT2D eigenvalue weighted by atomic mass is 10.0. The number of ether oxygens (including phenoxy) is 5. The van der Waals surface area contributed by atoms with Crippen LogP contribution in [0.25, 0.3) is 11.1 Å². The lowest BCUT2D eigenvalue weighted by Gasteiger charge is -2.17. The van der Waals surface area contributed by atoms with Gasteiger partial charge in [0, 0.05) is 11.1 Å². The van der Waals surface area contributed by atoms with Crippen molar-refractivity contribution in [1.82, 2.24) is 10.1 Å². The van der Waals surface area contributed by atoms with E-state index in [0.29, 0.717) is 34.1 Å². The van der Waals surface area contributed by atoms with Gasteiger partial charge in [0.2, 0.25) is 12.5 Å². The largest absolute Gasteiger partial charge is 0.493 e. The standard InChI is InChI=1S/C19H16N2O9/c1-25-12-4-2-3-10(16(12)26-7-14-20-19(24)30-21-14)11-5-6-13-18(29-9-28-13)17(11)27-8-15(22)23/h2-6H,7-9H2,1H3,(H,22,23)(H,20,21,24). The zero-order valence-corrected chi connectivity index (χ0v) is 15.7. The van der Waals surface area contributed by atoms with Crippen molar-refractivity contribution in [3.05, 3.63) is 46.7 Å². The number of para-hydroxylation sites is 1. The maximum atomic E-state index is 11.1. The Kier molecular flexibility index (Phi) is 5.16. The first-order valence-corrected chi connectivity index (χ1v) is 8.69. The third-order valence-corrected chi connectivity index (χ3v) is 4.16. The van der Waals surface area contributed by atoms with Gasteiger partial charge in [-0.15, -0.1) is 0 Å². The summed E-state index contributed by atoms with van der Waals surface area (Å²) in [6.07, 6.45) is 0. The number of carbonyl (C=O) groups is 1. The molecule has 1 aliphatic heterocycles. The van der Waals surface area contributed by atoms with E-state index >= 15 is 0 Å². The number of methoxy groups -OCH3 is 1. The molecule has 11 heteroatoms. The van der Waals surface area contributed by atoms with Crippen LogP contribution in [0.4, 0.5) is 0 Å². The van der Waals surface area contributed by atoms with Crippen molar-refractivity contribution in [3.63, 3.8) is 0 Å². The van der Waals surface area contributed by atoms with Gasteiger partial charge in [-0.25, -0.2) is 9.59 Å². The molecule has 0 spiro atoms. The van der Waals surface area contributed by atoms with Crippen LogP contribution in [0.2, 0.25) is 0 Å². The van der Waals surface area contributed by atoms with Gasteiger partial charge in [-0.3, -0.25) is 9.51 Å². The Labute approximate surface area is 168 Å². The molecule has 0 atom stereocenters. The van der Waals surface area contributed by atoms with Gasteiger partial charge in [-0.05, 0) is 18.2 Å². The highest BCUT2D eigenvalue weighted by molar-refractivity contribution is 5.82. The van der Waals surface area contributed by atoms with E-state index in [0.717, 1.165) is 0 Å². The molecule has 3 aromatic rings. The first-order valence-electron chi connectivity index (χ1n) is 8.69. The number of benzene rings is 2. The summed E-state index contributed by atoms with van der Waals surface area (Å²) in [6.45, 7) is -0.689. The van der Waals surface area contributed by atoms with Crippen LogP contribution in [0, 0.1) is 0 Å². The fourth-order valence-electron chi connectivity index (χ4n) is 2.94. The molecule has 4 rings (SSSR count). The molecule has 0 amide bonds. The normalized spacial score (nSPS) is 11.9. The molecule has 30 heavy (non-hydrogen) atoms. The molecule has 0 unspecified atom stereocenters. The highest BCUT2D eigenvalue weighted by atomic mass is 16.7. The van der Waals surface area contributed by atoms with E-state index < -0.39 is 18.3 Å². The van der Waals surface area contributed by atoms with Crippen LogP contribution in [0.1, 0.15) is 5.82 Å². The molecular formula is C19H16N2O9. The fourth-order valence-corrected chi connectivity index (χ4v) is 2.94. The lowest BCUT2D eigenvalue weighted by Crippen LogP contribution is -2.10. The number of rotatable bonds is 8. The topological polar surface area (TPSA) is 142 Å². The van der Waals surface area contributed by atoms with Crippen molar-refractivity contribution < 1.29 is 38.1 Å². The minimum absolute atomic E-state index is 0.0107. The van der Waals surface area contributed by atoms with Crippen LogP contribution in [0.5, 0.6) is 28.7 Å². The number of nitrogens with zero attached hydrogens (tertiary/aromatic N) is 1. The van der Waals surface area contributed by atoms with Gasteiger partial charge in [0.05, 0.1) is 7.11 Å². The highest BCUT2D eigenvalue weighted by Crippen LogP contribution is 2.50. The van der Waals surface area contributed by atoms with Crippen molar-refractivity contribution in [3.8, 4) is 39.9 Å². The number of fused-ring (bicyclic) bond motifs is 1. The second-order valence-electron chi connectivity index (χ2n) is 6.03. The molecule has 2 aromatic carbocycles. The number of hydrogen-bond acceptors (Lipinski definition) is 9. The Morgan fingerprint density at radius 1 is 1.17 bits per heavy atom. The summed E-state index contributed by atoms with van der Waals surface area (Å²) >= 11 is 0. The Bertz CT molecular complexity index is 1140. The number of aromatic nitrogens is 2. The third kappa shape index (κ3) is 3.72. The first-order chi connectivity index (χ1) is 14.6. The van der Waals surface area contributed by atoms with Crippen LogP contribution in [0.3, 0.4) is 0 Å². The van der Waals surface area contributed by atoms with Gasteiger partial charge in [0.1, 0.15) is 6.61 Å². The molecule has 1 aromatic heterocycles. The quantitative estimate of drug-likeness (QED) is 0.558. The Morgan fingerprint density at radius 3 is 2.73 bits per heavy atom. The van der Waals surface area contributed by atoms with Gasteiger partial charge in [-0.1, -0.05) is 17.3 Å². The Morgan fingerprint density at radius 2 is 2.00 bits per heavy atom. The van der Waals surface area contributed by atoms with Crippen LogP contribution in [0.15, 0.2) is 39.6 Å². The maximum Gasteiger partial charge on any atom is 0.439 e. The summed E-state index contributed by atoms with van der Waals surface area (Å²) in [5.74, 6) is -0.00935. The number of H-pyrrole nitrogens is 1. The minimum Gasteiger partial charge on any atom is -0.493 e. The Hall–Kier alpha value is -4.15. The van der Waals surface area contributed by atoms with Gasteiger partial charge in [0.15, 0.2) is 35.4 Å². The van der Waals surface area contributed by atoms with E-state index in [1.165, 1.54) is 7.11 Å². The second kappa shape index (κ2) is 8.07. The summed E-state index contributed by atoms with van der Waals surface area (Å²) in [4.78, 5) is 24.6. The van der Waals surface area contributed by atoms with Gasteiger partial charge in [-0.2, -0.15) is 0 Å². The molecule has 0 radical (unpaired) electrons. The second-order valence-corrected chi connectivity index (χ2v) is 6.03. The van der Waals surface area contributed by atoms with Crippen LogP contribution < -0.4 is 29.4 Å². The lowest BCUT2D eigenvalue weighted by molar-refractivity contribution is -0.139. The van der Waals surface area contributed by atoms with E-state index in [-0.39, 0.29) is 25.0 Å². The number of aliphatic carboxylic acids is 1. The van der Waals surface area contributed by atoms with Gasteiger partial charge in [0.25, 0.3) is 0 Å². The molecule has 0 aliphatic carbocycles. The smallest absolute Gasteiger partial charge is 0.439 e. The summed E-state index contributed by atoms with van der Waals surface area (Å²) in [5.41, 5.74) is 1.04. The van der Waals surface area contributed by atoms with Gasteiger partial charge < -0.3 is 28.8 Å². The molecule has 2 heterocycles. The number of carboxylic acid groups (broad SMARTS) is 1. The number of carboxylic acids is 1. The van der Waals surface area contributed by atoms with Gasteiger partial charge >= 0.3 is 11.7 Å². The molecular weight excluding hydrogens is 400 g/mol. The molecule has 0 saturated carbocycles. The number of hydrogen-bond donors (Lipinski definition) is 2. The zero-order valence-electron chi connectivity index (χ0n) is 15.7. The van der Waals surface area contributed by atoms with Crippen LogP contribution >= 0.6 is 0 Å². The fraction of sp³-hybridized carbons (Fsp3) is 0.211. The van der Waals surface area contributed by atoms with E-state index in [9.17, 15) is 9.59 Å². The first kappa shape index (κ1) is 19.2. The Balaban J connectivity index is 1.78. The van der Waals surface area contributed by atoms with Crippen LogP contribution in [-0.4, -0.2) is 41.7 Å². The van der Waals surface area contributed by atoms with Crippen molar-refractivity contribution in [2.75, 3.05) is 20.5 Å². The van der Waals surface area contributed by atoms with Crippen molar-refractivity contribution in [2.45, 2.75) is 6.61 Å². The molecule has 0 bridgehead atoms. The SMILES string of the molecule is COc1cccc(-c2ccc3c(c2OCC(=O)O)OCO3)c1OCc1noc(=O)[nH]1. The average Bonchev–Trinajstić information content (AvgIpc) is 3.38. The van der Waals surface area contributed by atoms with E-state index in [2.05, 4.69) is 14.7 Å². The number of nitrogens with one attached hydrogen (secondary N) is 1. The zero-order chi connectivity index (χ0) is 21.1. The average molecular weight is 416 g/mol. The molecule has 2 N–H and O–H groups in total. The maximum absolute atomic E-state index is 11.1. The molecule has 0 fully saturated rings. The van der Waals surface area contributed by atoms with Crippen molar-refractivity contribution >= 4 is 5.97 Å². The predicted octanol–water partition coefficient (Wildman–Crippen LogP) is 1.81. The van der Waals surface area contributed by atoms with E-state index in [1.807, 2.05) is 0 Å². The third-order valence-electron chi connectivity index (χ3n) is 4.16. The predicted molar refractivity (Wildman–Crippen MR) is 99.1 cm³/mol. The van der Waals surface area contributed by atoms with Crippen molar-refractivity contribution in [2.24, 2.45) is 0 Å². The van der Waals surface area contributed by atoms with E-state index in [4.69, 9.17) is 28.8 Å². The molecule has 1 aliphatic rings. The van der Waals surface area contributed by atoms with E-state index in [1.54, 1.807) is 30.3 Å².